The van der Waals surface area contributed by atoms with Crippen molar-refractivity contribution in [3.8, 4) is 11.8 Å². The van der Waals surface area contributed by atoms with Crippen LogP contribution in [0.4, 0.5) is 5.69 Å². The molecule has 1 N–H and O–H groups in total. The van der Waals surface area contributed by atoms with Crippen LogP contribution in [0.1, 0.15) is 23.1 Å². The molecule has 0 aliphatic heterocycles. The first kappa shape index (κ1) is 15.6. The van der Waals surface area contributed by atoms with E-state index in [0.717, 1.165) is 22.8 Å². The molecule has 0 saturated carbocycles. The van der Waals surface area contributed by atoms with E-state index in [9.17, 15) is 0 Å². The van der Waals surface area contributed by atoms with Gasteiger partial charge in [-0.05, 0) is 29.8 Å². The number of methoxy groups -OCH3 is 1. The molecule has 3 aromatic rings. The predicted molar refractivity (Wildman–Crippen MR) is 90.6 cm³/mol. The standard InChI is InChI=1S/C18H17N5O/c1-23-10-9-20-18(23)17(13-3-7-16(24-2)8-4-13)22-15-6-5-14(11-19)21-12-15/h3-10,12,17,22H,1-2H3. The lowest BCUT2D eigenvalue weighted by atomic mass is 10.1. The number of hydrogen-bond acceptors (Lipinski definition) is 5. The molecule has 1 unspecified atom stereocenters. The molecule has 3 rings (SSSR count). The lowest BCUT2D eigenvalue weighted by Crippen LogP contribution is -2.16. The van der Waals surface area contributed by atoms with Crippen LogP contribution in [0, 0.1) is 11.3 Å². The minimum absolute atomic E-state index is 0.148. The molecule has 0 saturated heterocycles. The maximum Gasteiger partial charge on any atom is 0.140 e. The highest BCUT2D eigenvalue weighted by molar-refractivity contribution is 5.47. The Labute approximate surface area is 140 Å². The number of aromatic nitrogens is 3. The first-order valence-corrected chi connectivity index (χ1v) is 7.45. The van der Waals surface area contributed by atoms with Crippen LogP contribution in [-0.2, 0) is 7.05 Å². The van der Waals surface area contributed by atoms with Gasteiger partial charge in [0.15, 0.2) is 0 Å². The molecule has 2 heterocycles. The van der Waals surface area contributed by atoms with Crippen LogP contribution in [0.25, 0.3) is 0 Å². The van der Waals surface area contributed by atoms with Gasteiger partial charge in [-0.25, -0.2) is 9.97 Å². The summed E-state index contributed by atoms with van der Waals surface area (Å²) in [5, 5.41) is 12.3. The molecule has 2 aromatic heterocycles. The summed E-state index contributed by atoms with van der Waals surface area (Å²) in [5.74, 6) is 1.68. The normalized spacial score (nSPS) is 11.5. The topological polar surface area (TPSA) is 75.8 Å². The highest BCUT2D eigenvalue weighted by Crippen LogP contribution is 2.26. The second kappa shape index (κ2) is 6.84. The smallest absolute Gasteiger partial charge is 0.140 e. The highest BCUT2D eigenvalue weighted by atomic mass is 16.5. The van der Waals surface area contributed by atoms with Gasteiger partial charge in [-0.2, -0.15) is 5.26 Å². The molecule has 6 heteroatoms. The Hall–Kier alpha value is -3.33. The van der Waals surface area contributed by atoms with E-state index >= 15 is 0 Å². The number of pyridine rings is 1. The summed E-state index contributed by atoms with van der Waals surface area (Å²) in [6, 6.07) is 13.2. The number of ether oxygens (including phenoxy) is 1. The molecule has 0 bridgehead atoms. The van der Waals surface area contributed by atoms with Gasteiger partial charge in [0.2, 0.25) is 0 Å². The minimum atomic E-state index is -0.148. The van der Waals surface area contributed by atoms with Crippen molar-refractivity contribution in [1.82, 2.24) is 14.5 Å². The van der Waals surface area contributed by atoms with E-state index in [1.54, 1.807) is 25.6 Å². The van der Waals surface area contributed by atoms with Crippen molar-refractivity contribution in [2.45, 2.75) is 6.04 Å². The van der Waals surface area contributed by atoms with Crippen molar-refractivity contribution in [3.05, 3.63) is 72.1 Å². The van der Waals surface area contributed by atoms with E-state index in [1.807, 2.05) is 54.2 Å². The summed E-state index contributed by atoms with van der Waals surface area (Å²) < 4.78 is 7.20. The number of hydrogen-bond donors (Lipinski definition) is 1. The van der Waals surface area contributed by atoms with Crippen molar-refractivity contribution in [3.63, 3.8) is 0 Å². The number of benzene rings is 1. The summed E-state index contributed by atoms with van der Waals surface area (Å²) in [7, 11) is 3.60. The minimum Gasteiger partial charge on any atom is -0.497 e. The van der Waals surface area contributed by atoms with Crippen LogP contribution in [-0.4, -0.2) is 21.6 Å². The molecule has 1 atom stereocenters. The Morgan fingerprint density at radius 2 is 1.96 bits per heavy atom. The number of anilines is 1. The number of rotatable bonds is 5. The maximum absolute atomic E-state index is 8.87. The summed E-state index contributed by atoms with van der Waals surface area (Å²) in [6.45, 7) is 0. The van der Waals surface area contributed by atoms with Gasteiger partial charge in [0, 0.05) is 19.4 Å². The van der Waals surface area contributed by atoms with Gasteiger partial charge >= 0.3 is 0 Å². The van der Waals surface area contributed by atoms with Crippen LogP contribution in [0.5, 0.6) is 5.75 Å². The van der Waals surface area contributed by atoms with E-state index in [4.69, 9.17) is 10.00 Å². The van der Waals surface area contributed by atoms with Crippen molar-refractivity contribution in [2.75, 3.05) is 12.4 Å². The third-order valence-electron chi connectivity index (χ3n) is 3.75. The van der Waals surface area contributed by atoms with E-state index < -0.39 is 0 Å². The van der Waals surface area contributed by atoms with E-state index in [-0.39, 0.29) is 6.04 Å². The van der Waals surface area contributed by atoms with Crippen molar-refractivity contribution < 1.29 is 4.74 Å². The van der Waals surface area contributed by atoms with Gasteiger partial charge < -0.3 is 14.6 Å². The highest BCUT2D eigenvalue weighted by Gasteiger charge is 2.18. The van der Waals surface area contributed by atoms with Crippen LogP contribution in [0.2, 0.25) is 0 Å². The zero-order valence-electron chi connectivity index (χ0n) is 13.5. The Morgan fingerprint density at radius 1 is 1.17 bits per heavy atom. The monoisotopic (exact) mass is 319 g/mol. The number of aryl methyl sites for hydroxylation is 1. The first-order chi connectivity index (χ1) is 11.7. The number of nitriles is 1. The van der Waals surface area contributed by atoms with E-state index in [1.165, 1.54) is 0 Å². The molecule has 6 nitrogen and oxygen atoms in total. The third kappa shape index (κ3) is 3.20. The quantitative estimate of drug-likeness (QED) is 0.782. The zero-order chi connectivity index (χ0) is 16.9. The Morgan fingerprint density at radius 3 is 2.50 bits per heavy atom. The third-order valence-corrected chi connectivity index (χ3v) is 3.75. The fourth-order valence-corrected chi connectivity index (χ4v) is 2.46. The Bertz CT molecular complexity index is 846. The lowest BCUT2D eigenvalue weighted by molar-refractivity contribution is 0.414. The SMILES string of the molecule is COc1ccc(C(Nc2ccc(C#N)nc2)c2nccn2C)cc1. The maximum atomic E-state index is 8.87. The van der Waals surface area contributed by atoms with Crippen molar-refractivity contribution >= 4 is 5.69 Å². The molecule has 1 aromatic carbocycles. The van der Waals surface area contributed by atoms with Gasteiger partial charge in [0.05, 0.1) is 19.0 Å². The van der Waals surface area contributed by atoms with Gasteiger partial charge in [-0.1, -0.05) is 12.1 Å². The van der Waals surface area contributed by atoms with Crippen LogP contribution in [0.15, 0.2) is 55.0 Å². The number of nitrogens with one attached hydrogen (secondary N) is 1. The molecular formula is C18H17N5O. The molecule has 120 valence electrons. The second-order valence-electron chi connectivity index (χ2n) is 5.29. The van der Waals surface area contributed by atoms with Crippen LogP contribution < -0.4 is 10.1 Å². The summed E-state index contributed by atoms with van der Waals surface area (Å²) in [4.78, 5) is 8.57. The molecule has 0 amide bonds. The van der Waals surface area contributed by atoms with Crippen molar-refractivity contribution in [2.24, 2.45) is 7.05 Å². The lowest BCUT2D eigenvalue weighted by Gasteiger charge is -2.20. The van der Waals surface area contributed by atoms with Crippen LogP contribution in [0.3, 0.4) is 0 Å². The van der Waals surface area contributed by atoms with Gasteiger partial charge in [-0.15, -0.1) is 0 Å². The molecule has 0 spiro atoms. The summed E-state index contributed by atoms with van der Waals surface area (Å²) in [5.41, 5.74) is 2.26. The fraction of sp³-hybridized carbons (Fsp3) is 0.167. The zero-order valence-corrected chi connectivity index (χ0v) is 13.5. The van der Waals surface area contributed by atoms with Crippen LogP contribution >= 0.6 is 0 Å². The first-order valence-electron chi connectivity index (χ1n) is 7.45. The number of nitrogens with zero attached hydrogens (tertiary/aromatic N) is 4. The largest absolute Gasteiger partial charge is 0.497 e. The Kier molecular flexibility index (Phi) is 4.43. The van der Waals surface area contributed by atoms with Gasteiger partial charge in [0.1, 0.15) is 29.4 Å². The predicted octanol–water partition coefficient (Wildman–Crippen LogP) is 2.90. The second-order valence-corrected chi connectivity index (χ2v) is 5.29. The summed E-state index contributed by atoms with van der Waals surface area (Å²) >= 11 is 0. The molecule has 0 aliphatic rings. The average Bonchev–Trinajstić information content (AvgIpc) is 3.06. The van der Waals surface area contributed by atoms with Crippen molar-refractivity contribution in [1.29, 1.82) is 5.26 Å². The average molecular weight is 319 g/mol. The summed E-state index contributed by atoms with van der Waals surface area (Å²) in [6.07, 6.45) is 5.33. The van der Waals surface area contributed by atoms with Gasteiger partial charge in [0.25, 0.3) is 0 Å². The van der Waals surface area contributed by atoms with E-state index in [0.29, 0.717) is 5.69 Å². The fourth-order valence-electron chi connectivity index (χ4n) is 2.46. The van der Waals surface area contributed by atoms with Gasteiger partial charge in [-0.3, -0.25) is 0 Å². The number of imidazole rings is 1. The van der Waals surface area contributed by atoms with E-state index in [2.05, 4.69) is 15.3 Å². The molecular weight excluding hydrogens is 302 g/mol. The molecule has 0 fully saturated rings. The molecule has 0 aliphatic carbocycles. The molecule has 0 radical (unpaired) electrons. The molecule has 24 heavy (non-hydrogen) atoms. The Balaban J connectivity index is 1.95.